The molecule has 0 radical (unpaired) electrons. The molecule has 7 nitrogen and oxygen atoms in total. The molecule has 1 fully saturated rings. The zero-order valence-corrected chi connectivity index (χ0v) is 12.4. The molecule has 0 amide bonds. The van der Waals surface area contributed by atoms with Gasteiger partial charge in [-0.25, -0.2) is 17.9 Å². The molecule has 1 aromatic rings. The van der Waals surface area contributed by atoms with Gasteiger partial charge in [0.15, 0.2) is 0 Å². The molecule has 2 rings (SSSR count). The first-order valence-electron chi connectivity index (χ1n) is 6.54. The molecule has 1 saturated carbocycles. The number of esters is 1. The first-order valence-corrected chi connectivity index (χ1v) is 8.02. The molecule has 0 bridgehead atoms. The smallest absolute Gasteiger partial charge is 0.330 e. The molecule has 1 aliphatic rings. The van der Waals surface area contributed by atoms with Crippen LogP contribution in [0.1, 0.15) is 12.8 Å². The van der Waals surface area contributed by atoms with E-state index in [1.807, 2.05) is 0 Å². The first kappa shape index (κ1) is 15.7. The van der Waals surface area contributed by atoms with Crippen LogP contribution in [0.3, 0.4) is 0 Å². The highest BCUT2D eigenvalue weighted by Gasteiger charge is 2.28. The molecule has 1 atom stereocenters. The second-order valence-corrected chi connectivity index (χ2v) is 6.54. The third-order valence-electron chi connectivity index (χ3n) is 3.07. The summed E-state index contributed by atoms with van der Waals surface area (Å²) in [7, 11) is -2.26. The summed E-state index contributed by atoms with van der Waals surface area (Å²) >= 11 is 0. The first-order chi connectivity index (χ1) is 9.96. The average Bonchev–Trinajstić information content (AvgIpc) is 3.27. The standard InChI is InChI=1S/C13H18N2O5S/c1-20-13(17)12(8-16)14-9-4-6-11(7-5-9)21(18,19)15-10-2-3-10/h4-7,10,12,14-16H,2-3,8H2,1H3. The number of anilines is 1. The lowest BCUT2D eigenvalue weighted by Gasteiger charge is -2.15. The lowest BCUT2D eigenvalue weighted by Crippen LogP contribution is -2.34. The van der Waals surface area contributed by atoms with Gasteiger partial charge < -0.3 is 15.2 Å². The van der Waals surface area contributed by atoms with Crippen molar-refractivity contribution in [3.63, 3.8) is 0 Å². The van der Waals surface area contributed by atoms with Crippen molar-refractivity contribution in [3.8, 4) is 0 Å². The van der Waals surface area contributed by atoms with Crippen LogP contribution < -0.4 is 10.0 Å². The molecule has 0 spiro atoms. The Kier molecular flexibility index (Phi) is 4.81. The number of ether oxygens (including phenoxy) is 1. The highest BCUT2D eigenvalue weighted by Crippen LogP contribution is 2.22. The quantitative estimate of drug-likeness (QED) is 0.615. The zero-order valence-electron chi connectivity index (χ0n) is 11.6. The number of hydrogen-bond acceptors (Lipinski definition) is 6. The highest BCUT2D eigenvalue weighted by molar-refractivity contribution is 7.89. The second-order valence-electron chi connectivity index (χ2n) is 4.82. The molecule has 0 heterocycles. The Morgan fingerprint density at radius 1 is 1.38 bits per heavy atom. The minimum atomic E-state index is -3.49. The Labute approximate surface area is 123 Å². The van der Waals surface area contributed by atoms with E-state index in [2.05, 4.69) is 14.8 Å². The number of carbonyl (C=O) groups excluding carboxylic acids is 1. The molecule has 0 saturated heterocycles. The molecule has 3 N–H and O–H groups in total. The van der Waals surface area contributed by atoms with Crippen LogP contribution in [0.25, 0.3) is 0 Å². The van der Waals surface area contributed by atoms with Gasteiger partial charge in [-0.15, -0.1) is 0 Å². The van der Waals surface area contributed by atoms with Gasteiger partial charge in [0.1, 0.15) is 6.04 Å². The molecule has 8 heteroatoms. The van der Waals surface area contributed by atoms with E-state index in [4.69, 9.17) is 5.11 Å². The van der Waals surface area contributed by atoms with Crippen molar-refractivity contribution in [2.24, 2.45) is 0 Å². The van der Waals surface area contributed by atoms with Gasteiger partial charge in [0.25, 0.3) is 0 Å². The van der Waals surface area contributed by atoms with E-state index in [1.54, 1.807) is 0 Å². The monoisotopic (exact) mass is 314 g/mol. The van der Waals surface area contributed by atoms with Crippen LogP contribution in [0, 0.1) is 0 Å². The minimum Gasteiger partial charge on any atom is -0.467 e. The van der Waals surface area contributed by atoms with E-state index in [9.17, 15) is 13.2 Å². The molecular weight excluding hydrogens is 296 g/mol. The van der Waals surface area contributed by atoms with E-state index in [-0.39, 0.29) is 10.9 Å². The van der Waals surface area contributed by atoms with Crippen LogP contribution >= 0.6 is 0 Å². The topological polar surface area (TPSA) is 105 Å². The van der Waals surface area contributed by atoms with Crippen molar-refractivity contribution in [1.29, 1.82) is 0 Å². The Bertz CT molecular complexity index is 595. The van der Waals surface area contributed by atoms with Crippen molar-refractivity contribution in [2.45, 2.75) is 29.8 Å². The van der Waals surface area contributed by atoms with Gasteiger partial charge in [0, 0.05) is 11.7 Å². The SMILES string of the molecule is COC(=O)C(CO)Nc1ccc(S(=O)(=O)NC2CC2)cc1. The van der Waals surface area contributed by atoms with Crippen molar-refractivity contribution in [2.75, 3.05) is 19.0 Å². The van der Waals surface area contributed by atoms with E-state index < -0.39 is 28.6 Å². The van der Waals surface area contributed by atoms with Crippen LogP contribution in [0.5, 0.6) is 0 Å². The van der Waals surface area contributed by atoms with Gasteiger partial charge in [-0.3, -0.25) is 0 Å². The molecule has 1 aromatic carbocycles. The van der Waals surface area contributed by atoms with Crippen LogP contribution in [-0.2, 0) is 19.6 Å². The summed E-state index contributed by atoms with van der Waals surface area (Å²) in [6, 6.07) is 5.12. The summed E-state index contributed by atoms with van der Waals surface area (Å²) in [6.07, 6.45) is 1.74. The fraction of sp³-hybridized carbons (Fsp3) is 0.462. The molecule has 21 heavy (non-hydrogen) atoms. The van der Waals surface area contributed by atoms with E-state index in [0.29, 0.717) is 5.69 Å². The fourth-order valence-electron chi connectivity index (χ4n) is 1.74. The highest BCUT2D eigenvalue weighted by atomic mass is 32.2. The van der Waals surface area contributed by atoms with Crippen molar-refractivity contribution in [1.82, 2.24) is 4.72 Å². The lowest BCUT2D eigenvalue weighted by molar-refractivity contribution is -0.142. The number of methoxy groups -OCH3 is 1. The van der Waals surface area contributed by atoms with Gasteiger partial charge >= 0.3 is 5.97 Å². The molecule has 1 aliphatic carbocycles. The Morgan fingerprint density at radius 2 is 2.00 bits per heavy atom. The largest absolute Gasteiger partial charge is 0.467 e. The minimum absolute atomic E-state index is 0.0471. The fourth-order valence-corrected chi connectivity index (χ4v) is 3.05. The number of aliphatic hydroxyl groups is 1. The van der Waals surface area contributed by atoms with Crippen LogP contribution in [-0.4, -0.2) is 45.3 Å². The maximum absolute atomic E-state index is 12.0. The zero-order chi connectivity index (χ0) is 15.5. The van der Waals surface area contributed by atoms with E-state index >= 15 is 0 Å². The molecule has 1 unspecified atom stereocenters. The summed E-state index contributed by atoms with van der Waals surface area (Å²) in [6.45, 7) is -0.421. The molecular formula is C13H18N2O5S. The van der Waals surface area contributed by atoms with Crippen LogP contribution in [0.4, 0.5) is 5.69 Å². The number of hydrogen-bond donors (Lipinski definition) is 3. The normalized spacial score (nSPS) is 16.3. The maximum Gasteiger partial charge on any atom is 0.330 e. The van der Waals surface area contributed by atoms with E-state index in [1.165, 1.54) is 31.4 Å². The number of nitrogens with one attached hydrogen (secondary N) is 2. The van der Waals surface area contributed by atoms with Gasteiger partial charge in [-0.1, -0.05) is 0 Å². The van der Waals surface area contributed by atoms with Gasteiger partial charge in [0.05, 0.1) is 18.6 Å². The Morgan fingerprint density at radius 3 is 2.48 bits per heavy atom. The maximum atomic E-state index is 12.0. The predicted molar refractivity (Wildman–Crippen MR) is 76.3 cm³/mol. The average molecular weight is 314 g/mol. The Hall–Kier alpha value is -1.64. The lowest BCUT2D eigenvalue weighted by atomic mass is 10.2. The van der Waals surface area contributed by atoms with Crippen LogP contribution in [0.2, 0.25) is 0 Å². The number of benzene rings is 1. The number of sulfonamides is 1. The summed E-state index contributed by atoms with van der Waals surface area (Å²) < 4.78 is 31.1. The summed E-state index contributed by atoms with van der Waals surface area (Å²) in [5, 5.41) is 11.9. The predicted octanol–water partition coefficient (Wildman–Crippen LogP) is 0.0731. The Balaban J connectivity index is 2.06. The third kappa shape index (κ3) is 4.16. The van der Waals surface area contributed by atoms with E-state index in [0.717, 1.165) is 12.8 Å². The van der Waals surface area contributed by atoms with Gasteiger partial charge in [0.2, 0.25) is 10.0 Å². The van der Waals surface area contributed by atoms with Crippen molar-refractivity contribution < 1.29 is 23.1 Å². The van der Waals surface area contributed by atoms with Gasteiger partial charge in [-0.2, -0.15) is 0 Å². The molecule has 0 aromatic heterocycles. The second kappa shape index (κ2) is 6.42. The number of aliphatic hydroxyl groups excluding tert-OH is 1. The summed E-state index contributed by atoms with van der Waals surface area (Å²) in [5.74, 6) is -0.593. The van der Waals surface area contributed by atoms with Crippen LogP contribution in [0.15, 0.2) is 29.2 Å². The molecule has 116 valence electrons. The number of carbonyl (C=O) groups is 1. The van der Waals surface area contributed by atoms with Crippen molar-refractivity contribution >= 4 is 21.7 Å². The summed E-state index contributed by atoms with van der Waals surface area (Å²) in [5.41, 5.74) is 0.518. The van der Waals surface area contributed by atoms with Crippen molar-refractivity contribution in [3.05, 3.63) is 24.3 Å². The van der Waals surface area contributed by atoms with Gasteiger partial charge in [-0.05, 0) is 37.1 Å². The molecule has 0 aliphatic heterocycles. The third-order valence-corrected chi connectivity index (χ3v) is 4.61. The number of rotatable bonds is 7. The summed E-state index contributed by atoms with van der Waals surface area (Å²) in [4.78, 5) is 11.5.